The number of nitrogens with zero attached hydrogens (tertiary/aromatic N) is 2. The number of aliphatic hydroxyl groups is 1. The third-order valence-electron chi connectivity index (χ3n) is 9.61. The average Bonchev–Trinajstić information content (AvgIpc) is 3.44. The molecule has 4 unspecified atom stereocenters. The summed E-state index contributed by atoms with van der Waals surface area (Å²) in [7, 11) is 5.55. The van der Waals surface area contributed by atoms with Crippen LogP contribution in [0.5, 0.6) is 17.2 Å². The number of ether oxygens (including phenoxy) is 3. The van der Waals surface area contributed by atoms with Gasteiger partial charge in [-0.3, -0.25) is 33.1 Å². The first kappa shape index (κ1) is 38.2. The lowest BCUT2D eigenvalue weighted by molar-refractivity contribution is -0.129. The summed E-state index contributed by atoms with van der Waals surface area (Å²) < 4.78 is 19.3. The molecule has 1 aliphatic carbocycles. The van der Waals surface area contributed by atoms with Gasteiger partial charge in [-0.25, -0.2) is 4.79 Å². The minimum Gasteiger partial charge on any atom is -0.507 e. The minimum atomic E-state index is -2.06. The zero-order valence-corrected chi connectivity index (χ0v) is 31.2. The van der Waals surface area contributed by atoms with E-state index in [2.05, 4.69) is 10.6 Å². The van der Waals surface area contributed by atoms with Crippen LogP contribution in [0.4, 0.5) is 0 Å². The van der Waals surface area contributed by atoms with Crippen molar-refractivity contribution in [3.8, 4) is 17.2 Å². The van der Waals surface area contributed by atoms with Crippen LogP contribution in [0.1, 0.15) is 54.2 Å². The van der Waals surface area contributed by atoms with E-state index in [-0.39, 0.29) is 52.1 Å². The molecule has 1 aliphatic heterocycles. The summed E-state index contributed by atoms with van der Waals surface area (Å²) in [6, 6.07) is 8.64. The molecule has 1 spiro atoms. The van der Waals surface area contributed by atoms with Crippen LogP contribution >= 0.6 is 23.4 Å². The van der Waals surface area contributed by atoms with Crippen molar-refractivity contribution in [2.45, 2.75) is 55.7 Å². The monoisotopic (exact) mass is 754 g/mol. The van der Waals surface area contributed by atoms with Crippen LogP contribution in [0.25, 0.3) is 0 Å². The number of benzene rings is 2. The number of aromatic nitrogens is 2. The maximum atomic E-state index is 14.3. The van der Waals surface area contributed by atoms with Crippen LogP contribution in [-0.4, -0.2) is 69.7 Å². The molecule has 3 N–H and O–H groups in total. The molecule has 14 nitrogen and oxygen atoms in total. The molecular formula is C36H39ClN4O10S. The van der Waals surface area contributed by atoms with Gasteiger partial charge in [-0.15, -0.1) is 11.8 Å². The summed E-state index contributed by atoms with van der Waals surface area (Å²) in [4.78, 5) is 80.2. The van der Waals surface area contributed by atoms with E-state index in [1.807, 2.05) is 6.26 Å². The maximum Gasteiger partial charge on any atom is 0.330 e. The lowest BCUT2D eigenvalue weighted by atomic mass is 9.69. The molecule has 0 bridgehead atoms. The number of hydrogen-bond donors (Lipinski definition) is 3. The first-order chi connectivity index (χ1) is 24.6. The van der Waals surface area contributed by atoms with Crippen LogP contribution in [0.15, 0.2) is 62.2 Å². The van der Waals surface area contributed by atoms with Gasteiger partial charge in [-0.05, 0) is 30.9 Å². The van der Waals surface area contributed by atoms with Crippen LogP contribution in [-0.2, 0) is 35.0 Å². The van der Waals surface area contributed by atoms with Gasteiger partial charge in [0.15, 0.2) is 17.3 Å². The number of aliphatic hydroxyl groups excluding tert-OH is 1. The number of carbonyl (C=O) groups is 4. The summed E-state index contributed by atoms with van der Waals surface area (Å²) >= 11 is 8.07. The smallest absolute Gasteiger partial charge is 0.330 e. The summed E-state index contributed by atoms with van der Waals surface area (Å²) in [6.07, 6.45) is 1.29. The molecule has 3 aromatic rings. The number of nitrogens with one attached hydrogen (secondary N) is 2. The molecule has 0 saturated carbocycles. The fraction of sp³-hybridized carbons (Fsp3) is 0.389. The average molecular weight is 755 g/mol. The van der Waals surface area contributed by atoms with Crippen LogP contribution in [0.2, 0.25) is 5.02 Å². The predicted octanol–water partition coefficient (Wildman–Crippen LogP) is 3.21. The van der Waals surface area contributed by atoms with Gasteiger partial charge in [0.25, 0.3) is 5.56 Å². The van der Waals surface area contributed by atoms with Gasteiger partial charge in [0.05, 0.1) is 20.8 Å². The highest BCUT2D eigenvalue weighted by atomic mass is 35.5. The van der Waals surface area contributed by atoms with E-state index in [1.165, 1.54) is 63.7 Å². The highest BCUT2D eigenvalue weighted by molar-refractivity contribution is 7.98. The number of allylic oxidation sites excluding steroid dienone is 1. The topological polar surface area (TPSA) is 184 Å². The normalized spacial score (nSPS) is 19.2. The molecule has 2 aromatic carbocycles. The minimum absolute atomic E-state index is 0.0187. The largest absolute Gasteiger partial charge is 0.507 e. The van der Waals surface area contributed by atoms with Crippen molar-refractivity contribution in [3.63, 3.8) is 0 Å². The Balaban J connectivity index is 1.48. The van der Waals surface area contributed by atoms with Gasteiger partial charge >= 0.3 is 5.69 Å². The molecule has 16 heteroatoms. The molecule has 0 saturated heterocycles. The molecule has 2 aliphatic rings. The van der Waals surface area contributed by atoms with E-state index in [1.54, 1.807) is 31.2 Å². The third kappa shape index (κ3) is 6.58. The number of hydrogen-bond acceptors (Lipinski definition) is 11. The molecule has 1 aromatic heterocycles. The fourth-order valence-corrected chi connectivity index (χ4v) is 7.26. The third-order valence-corrected chi connectivity index (χ3v) is 10.7. The summed E-state index contributed by atoms with van der Waals surface area (Å²) in [5.74, 6) is -4.75. The van der Waals surface area contributed by atoms with E-state index in [0.29, 0.717) is 5.56 Å². The number of carbonyl (C=O) groups excluding carboxylic acids is 4. The predicted molar refractivity (Wildman–Crippen MR) is 193 cm³/mol. The first-order valence-electron chi connectivity index (χ1n) is 16.2. The Bertz CT molecular complexity index is 2130. The van der Waals surface area contributed by atoms with Gasteiger partial charge < -0.3 is 30.0 Å². The Hall–Kier alpha value is -5.02. The van der Waals surface area contributed by atoms with E-state index in [9.17, 15) is 33.9 Å². The number of methoxy groups -OCH3 is 2. The summed E-state index contributed by atoms with van der Waals surface area (Å²) in [6.45, 7) is 2.90. The van der Waals surface area contributed by atoms with Gasteiger partial charge in [-0.2, -0.15) is 0 Å². The number of thioether (sulfide) groups is 1. The van der Waals surface area contributed by atoms with Crippen LogP contribution in [0.3, 0.4) is 0 Å². The SMILES string of the molecule is COc1cc(OC)c2c(c1Cl)OC1(C2=O)C(O)=C(C(CC(=O)NC(C)C(=O)NCc2cc(=O)n(C)c(=O)n2C)c2ccc(SC)cc2)C(=O)CC1C. The van der Waals surface area contributed by atoms with Crippen molar-refractivity contribution in [1.82, 2.24) is 19.8 Å². The lowest BCUT2D eigenvalue weighted by Gasteiger charge is -2.38. The molecule has 276 valence electrons. The zero-order chi connectivity index (χ0) is 38.2. The highest BCUT2D eigenvalue weighted by Crippen LogP contribution is 2.55. The second-order valence-electron chi connectivity index (χ2n) is 12.7. The van der Waals surface area contributed by atoms with Crippen LogP contribution in [0, 0.1) is 5.92 Å². The van der Waals surface area contributed by atoms with Crippen molar-refractivity contribution in [2.75, 3.05) is 20.5 Å². The number of fused-ring (bicyclic) bond motifs is 1. The van der Waals surface area contributed by atoms with Crippen molar-refractivity contribution >= 4 is 46.7 Å². The molecule has 2 amide bonds. The van der Waals surface area contributed by atoms with Gasteiger partial charge in [0.1, 0.15) is 28.1 Å². The molecule has 4 atom stereocenters. The Morgan fingerprint density at radius 1 is 1.08 bits per heavy atom. The Kier molecular flexibility index (Phi) is 11.0. The maximum absolute atomic E-state index is 14.3. The highest BCUT2D eigenvalue weighted by Gasteiger charge is 2.61. The number of halogens is 1. The number of rotatable bonds is 11. The quantitative estimate of drug-likeness (QED) is 0.244. The van der Waals surface area contributed by atoms with Gasteiger partial charge in [-0.1, -0.05) is 30.7 Å². The van der Waals surface area contributed by atoms with E-state index in [0.717, 1.165) is 9.46 Å². The fourth-order valence-electron chi connectivity index (χ4n) is 6.59. The van der Waals surface area contributed by atoms with Gasteiger partial charge in [0.2, 0.25) is 23.2 Å². The van der Waals surface area contributed by atoms with Crippen molar-refractivity contribution in [3.05, 3.63) is 90.4 Å². The van der Waals surface area contributed by atoms with E-state index in [4.69, 9.17) is 25.8 Å². The molecule has 52 heavy (non-hydrogen) atoms. The summed E-state index contributed by atoms with van der Waals surface area (Å²) in [5, 5.41) is 17.3. The second-order valence-corrected chi connectivity index (χ2v) is 13.9. The zero-order valence-electron chi connectivity index (χ0n) is 29.6. The standard InChI is InChI=1S/C36H39ClN4O10S/c1-17-12-23(42)28(32(45)36(17)33(46)29-24(49-5)15-25(50-6)30(37)31(29)51-36)22(19-8-10-21(52-7)11-9-19)14-26(43)39-18(2)34(47)38-16-20-13-27(44)41(4)35(48)40(20)3/h8-11,13,15,17-18,22,45H,12,14,16H2,1-7H3,(H,38,47)(H,39,43). The van der Waals surface area contributed by atoms with E-state index < -0.39 is 70.3 Å². The van der Waals surface area contributed by atoms with Gasteiger partial charge in [0, 0.05) is 67.1 Å². The lowest BCUT2D eigenvalue weighted by Crippen LogP contribution is -2.53. The number of ketones is 2. The van der Waals surface area contributed by atoms with Crippen LogP contribution < -0.4 is 36.1 Å². The van der Waals surface area contributed by atoms with Crippen molar-refractivity contribution < 1.29 is 38.5 Å². The molecule has 0 fully saturated rings. The molecule has 2 heterocycles. The number of amides is 2. The Morgan fingerprint density at radius 2 is 1.73 bits per heavy atom. The molecular weight excluding hydrogens is 716 g/mol. The van der Waals surface area contributed by atoms with Crippen molar-refractivity contribution in [1.29, 1.82) is 0 Å². The molecule has 5 rings (SSSR count). The Morgan fingerprint density at radius 3 is 2.35 bits per heavy atom. The van der Waals surface area contributed by atoms with Crippen molar-refractivity contribution in [2.24, 2.45) is 20.0 Å². The summed E-state index contributed by atoms with van der Waals surface area (Å²) in [5.41, 5.74) is -2.60. The number of Topliss-reactive ketones (excluding diaryl/α,β-unsaturated/α-hetero) is 2. The Labute approximate surface area is 308 Å². The molecule has 0 radical (unpaired) electrons. The van der Waals surface area contributed by atoms with E-state index >= 15 is 0 Å². The second kappa shape index (κ2) is 14.9. The first-order valence-corrected chi connectivity index (χ1v) is 17.8.